The largest absolute Gasteiger partial charge is 0.467 e. The highest BCUT2D eigenvalue weighted by Crippen LogP contribution is 2.30. The first kappa shape index (κ1) is 27.4. The fraction of sp³-hybridized carbons (Fsp3) is 0.231. The maximum absolute atomic E-state index is 14.6. The molecule has 2 unspecified atom stereocenters. The zero-order chi connectivity index (χ0) is 26.7. The minimum atomic E-state index is -4.39. The van der Waals surface area contributed by atoms with Crippen molar-refractivity contribution >= 4 is 53.8 Å². The number of fused-ring (bicyclic) bond motifs is 1. The van der Waals surface area contributed by atoms with Gasteiger partial charge in [-0.25, -0.2) is 17.6 Å². The topological polar surface area (TPSA) is 92.8 Å². The van der Waals surface area contributed by atoms with Crippen molar-refractivity contribution in [1.29, 1.82) is 0 Å². The van der Waals surface area contributed by atoms with E-state index in [1.165, 1.54) is 25.3 Å². The standard InChI is InChI=1S/C26H23Br2FN2O5S/c1-36-26(33)22(12-16-10-19(27)14-20(28)11-16)30-25(32)23-13-17-6-2-3-7-18(17)15-31(23)37(34,35)24-9-5-4-8-21(24)29/h2-11,14,22-23H,12-13,15H2,1H3,(H,30,32). The molecule has 1 amide bonds. The highest BCUT2D eigenvalue weighted by molar-refractivity contribution is 9.11. The van der Waals surface area contributed by atoms with E-state index in [1.807, 2.05) is 12.1 Å². The number of carbonyl (C=O) groups is 2. The van der Waals surface area contributed by atoms with Crippen molar-refractivity contribution in [2.45, 2.75) is 36.4 Å². The van der Waals surface area contributed by atoms with Gasteiger partial charge in [0.05, 0.1) is 7.11 Å². The third kappa shape index (κ3) is 6.11. The summed E-state index contributed by atoms with van der Waals surface area (Å²) in [6.45, 7) is -0.119. The van der Waals surface area contributed by atoms with Gasteiger partial charge in [0.15, 0.2) is 0 Å². The van der Waals surface area contributed by atoms with E-state index in [1.54, 1.807) is 30.3 Å². The number of esters is 1. The number of hydrogen-bond acceptors (Lipinski definition) is 5. The molecule has 11 heteroatoms. The highest BCUT2D eigenvalue weighted by Gasteiger charge is 2.41. The molecule has 3 aromatic rings. The van der Waals surface area contributed by atoms with Crippen LogP contribution in [0.3, 0.4) is 0 Å². The Balaban J connectivity index is 1.68. The van der Waals surface area contributed by atoms with Gasteiger partial charge in [-0.2, -0.15) is 4.31 Å². The van der Waals surface area contributed by atoms with Crippen molar-refractivity contribution in [2.24, 2.45) is 0 Å². The molecule has 0 spiro atoms. The van der Waals surface area contributed by atoms with Crippen LogP contribution < -0.4 is 5.32 Å². The van der Waals surface area contributed by atoms with Gasteiger partial charge in [0.1, 0.15) is 22.8 Å². The third-order valence-electron chi connectivity index (χ3n) is 6.10. The van der Waals surface area contributed by atoms with Crippen LogP contribution in [0.5, 0.6) is 0 Å². The lowest BCUT2D eigenvalue weighted by molar-refractivity contribution is -0.145. The molecule has 1 aliphatic heterocycles. The van der Waals surface area contributed by atoms with Crippen molar-refractivity contribution in [3.05, 3.63) is 98.2 Å². The smallest absolute Gasteiger partial charge is 0.328 e. The summed E-state index contributed by atoms with van der Waals surface area (Å²) in [7, 11) is -3.18. The Morgan fingerprint density at radius 2 is 1.68 bits per heavy atom. The first-order chi connectivity index (χ1) is 17.6. The molecular formula is C26H23Br2FN2O5S. The molecule has 37 heavy (non-hydrogen) atoms. The molecular weight excluding hydrogens is 631 g/mol. The van der Waals surface area contributed by atoms with Gasteiger partial charge >= 0.3 is 5.97 Å². The van der Waals surface area contributed by atoms with Crippen molar-refractivity contribution in [3.8, 4) is 0 Å². The molecule has 194 valence electrons. The number of carbonyl (C=O) groups excluding carboxylic acids is 2. The number of sulfonamides is 1. The molecule has 0 fully saturated rings. The first-order valence-electron chi connectivity index (χ1n) is 11.3. The van der Waals surface area contributed by atoms with Crippen LogP contribution in [0.2, 0.25) is 0 Å². The van der Waals surface area contributed by atoms with E-state index in [0.717, 1.165) is 36.0 Å². The Labute approximate surface area is 231 Å². The maximum atomic E-state index is 14.6. The zero-order valence-electron chi connectivity index (χ0n) is 19.7. The SMILES string of the molecule is COC(=O)C(Cc1cc(Br)cc(Br)c1)NC(=O)C1Cc2ccccc2CN1S(=O)(=O)c1ccccc1F. The number of benzene rings is 3. The Morgan fingerprint density at radius 1 is 1.05 bits per heavy atom. The highest BCUT2D eigenvalue weighted by atomic mass is 79.9. The minimum absolute atomic E-state index is 0.0615. The Kier molecular flexibility index (Phi) is 8.47. The fourth-order valence-corrected chi connectivity index (χ4v) is 7.34. The second-order valence-corrected chi connectivity index (χ2v) is 12.2. The number of halogens is 3. The van der Waals surface area contributed by atoms with E-state index < -0.39 is 44.7 Å². The van der Waals surface area contributed by atoms with Crippen LogP contribution in [0.25, 0.3) is 0 Å². The van der Waals surface area contributed by atoms with Crippen LogP contribution >= 0.6 is 31.9 Å². The number of ether oxygens (including phenoxy) is 1. The Morgan fingerprint density at radius 3 is 2.32 bits per heavy atom. The quantitative estimate of drug-likeness (QED) is 0.383. The summed E-state index contributed by atoms with van der Waals surface area (Å²) in [5.74, 6) is -2.27. The molecule has 3 aromatic carbocycles. The number of rotatable bonds is 7. The number of methoxy groups -OCH3 is 1. The minimum Gasteiger partial charge on any atom is -0.467 e. The second kappa shape index (κ2) is 11.4. The summed E-state index contributed by atoms with van der Waals surface area (Å²) in [4.78, 5) is 25.7. The number of nitrogens with zero attached hydrogens (tertiary/aromatic N) is 1. The second-order valence-electron chi connectivity index (χ2n) is 8.54. The summed E-state index contributed by atoms with van der Waals surface area (Å²) < 4.78 is 49.2. The molecule has 0 saturated carbocycles. The summed E-state index contributed by atoms with van der Waals surface area (Å²) in [5.41, 5.74) is 2.25. The van der Waals surface area contributed by atoms with Crippen molar-refractivity contribution < 1.29 is 27.1 Å². The van der Waals surface area contributed by atoms with Crippen LogP contribution in [0.1, 0.15) is 16.7 Å². The molecule has 0 aliphatic carbocycles. The van der Waals surface area contributed by atoms with Crippen LogP contribution in [-0.2, 0) is 43.7 Å². The predicted octanol–water partition coefficient (Wildman–Crippen LogP) is 4.37. The molecule has 2 atom stereocenters. The molecule has 1 N–H and O–H groups in total. The third-order valence-corrected chi connectivity index (χ3v) is 8.90. The summed E-state index contributed by atoms with van der Waals surface area (Å²) >= 11 is 6.81. The average molecular weight is 654 g/mol. The van der Waals surface area contributed by atoms with E-state index in [2.05, 4.69) is 37.2 Å². The van der Waals surface area contributed by atoms with Gasteiger partial charge in [-0.15, -0.1) is 0 Å². The maximum Gasteiger partial charge on any atom is 0.328 e. The van der Waals surface area contributed by atoms with E-state index in [9.17, 15) is 22.4 Å². The van der Waals surface area contributed by atoms with Gasteiger partial charge < -0.3 is 10.1 Å². The number of amides is 1. The first-order valence-corrected chi connectivity index (χ1v) is 14.3. The Hall–Kier alpha value is -2.60. The number of hydrogen-bond donors (Lipinski definition) is 1. The molecule has 1 heterocycles. The normalized spacial score (nSPS) is 16.5. The van der Waals surface area contributed by atoms with Crippen molar-refractivity contribution in [2.75, 3.05) is 7.11 Å². The molecule has 0 aromatic heterocycles. The van der Waals surface area contributed by atoms with Gasteiger partial charge in [0.2, 0.25) is 15.9 Å². The van der Waals surface area contributed by atoms with Crippen molar-refractivity contribution in [3.63, 3.8) is 0 Å². The molecule has 4 rings (SSSR count). The van der Waals surface area contributed by atoms with Crippen LogP contribution in [0.15, 0.2) is 80.6 Å². The summed E-state index contributed by atoms with van der Waals surface area (Å²) in [6, 6.07) is 15.4. The van der Waals surface area contributed by atoms with Gasteiger partial charge in [-0.1, -0.05) is 68.3 Å². The van der Waals surface area contributed by atoms with Gasteiger partial charge in [-0.05, 0) is 53.4 Å². The summed E-state index contributed by atoms with van der Waals surface area (Å²) in [5, 5.41) is 2.68. The lowest BCUT2D eigenvalue weighted by atomic mass is 9.95. The van der Waals surface area contributed by atoms with Gasteiger partial charge in [0.25, 0.3) is 0 Å². The monoisotopic (exact) mass is 652 g/mol. The summed E-state index contributed by atoms with van der Waals surface area (Å²) in [6.07, 6.45) is 0.172. The lowest BCUT2D eigenvalue weighted by Crippen LogP contribution is -2.56. The molecule has 1 aliphatic rings. The van der Waals surface area contributed by atoms with E-state index >= 15 is 0 Å². The Bertz CT molecular complexity index is 1430. The van der Waals surface area contributed by atoms with E-state index in [4.69, 9.17) is 4.74 Å². The van der Waals surface area contributed by atoms with E-state index in [0.29, 0.717) is 0 Å². The van der Waals surface area contributed by atoms with Crippen LogP contribution in [0, 0.1) is 5.82 Å². The fourth-order valence-electron chi connectivity index (χ4n) is 4.32. The molecule has 0 saturated heterocycles. The zero-order valence-corrected chi connectivity index (χ0v) is 23.6. The van der Waals surface area contributed by atoms with Crippen LogP contribution in [0.4, 0.5) is 4.39 Å². The van der Waals surface area contributed by atoms with E-state index in [-0.39, 0.29) is 19.4 Å². The lowest BCUT2D eigenvalue weighted by Gasteiger charge is -2.35. The average Bonchev–Trinajstić information content (AvgIpc) is 2.86. The number of nitrogens with one attached hydrogen (secondary N) is 1. The predicted molar refractivity (Wildman–Crippen MR) is 143 cm³/mol. The molecule has 0 bridgehead atoms. The molecule has 0 radical (unpaired) electrons. The van der Waals surface area contributed by atoms with Gasteiger partial charge in [0, 0.05) is 21.9 Å². The molecule has 7 nitrogen and oxygen atoms in total. The van der Waals surface area contributed by atoms with Gasteiger partial charge in [-0.3, -0.25) is 4.79 Å². The van der Waals surface area contributed by atoms with Crippen LogP contribution in [-0.4, -0.2) is 43.8 Å². The van der Waals surface area contributed by atoms with Crippen molar-refractivity contribution in [1.82, 2.24) is 9.62 Å².